The second-order valence-corrected chi connectivity index (χ2v) is 5.21. The maximum Gasteiger partial charge on any atom is 0.123 e. The lowest BCUT2D eigenvalue weighted by Crippen LogP contribution is -1.85. The van der Waals surface area contributed by atoms with E-state index < -0.39 is 0 Å². The number of para-hydroxylation sites is 1. The average molecular weight is 270 g/mol. The average Bonchev–Trinajstić information content (AvgIpc) is 2.53. The van der Waals surface area contributed by atoms with Gasteiger partial charge in [0.1, 0.15) is 5.75 Å². The van der Waals surface area contributed by atoms with Crippen molar-refractivity contribution in [2.24, 2.45) is 0 Å². The van der Waals surface area contributed by atoms with Crippen LogP contribution in [0.2, 0.25) is 0 Å². The van der Waals surface area contributed by atoms with Crippen LogP contribution >= 0.6 is 0 Å². The Morgan fingerprint density at radius 1 is 0.571 bits per heavy atom. The largest absolute Gasteiger partial charge is 0.507 e. The highest BCUT2D eigenvalue weighted by molar-refractivity contribution is 6.13. The molecule has 1 N–H and O–H groups in total. The number of hydrogen-bond donors (Lipinski definition) is 1. The van der Waals surface area contributed by atoms with Crippen LogP contribution in [0.25, 0.3) is 32.7 Å². The van der Waals surface area contributed by atoms with Crippen LogP contribution in [0, 0.1) is 0 Å². The Morgan fingerprint density at radius 2 is 1.10 bits per heavy atom. The Morgan fingerprint density at radius 3 is 1.71 bits per heavy atom. The number of benzene rings is 4. The van der Waals surface area contributed by atoms with Gasteiger partial charge in [-0.3, -0.25) is 0 Å². The zero-order valence-electron chi connectivity index (χ0n) is 11.5. The third-order valence-electron chi connectivity index (χ3n) is 3.94. The molecule has 0 aliphatic carbocycles. The van der Waals surface area contributed by atoms with E-state index in [-0.39, 0.29) is 0 Å². The molecule has 4 aromatic carbocycles. The molecule has 0 atom stereocenters. The van der Waals surface area contributed by atoms with Crippen molar-refractivity contribution in [3.63, 3.8) is 0 Å². The molecule has 1 nitrogen and oxygen atoms in total. The molecule has 0 aliphatic rings. The van der Waals surface area contributed by atoms with Crippen molar-refractivity contribution in [1.29, 1.82) is 0 Å². The van der Waals surface area contributed by atoms with Gasteiger partial charge in [0.15, 0.2) is 0 Å². The molecule has 0 fully saturated rings. The van der Waals surface area contributed by atoms with E-state index in [1.807, 2.05) is 42.5 Å². The molecule has 0 heterocycles. The fraction of sp³-hybridized carbons (Fsp3) is 0. The third-order valence-corrected chi connectivity index (χ3v) is 3.94. The quantitative estimate of drug-likeness (QED) is 0.461. The fourth-order valence-corrected chi connectivity index (χ4v) is 2.99. The van der Waals surface area contributed by atoms with E-state index in [4.69, 9.17) is 0 Å². The maximum absolute atomic E-state index is 10.3. The normalized spacial score (nSPS) is 11.0. The van der Waals surface area contributed by atoms with Crippen LogP contribution in [0.5, 0.6) is 5.75 Å². The van der Waals surface area contributed by atoms with Crippen molar-refractivity contribution in [2.75, 3.05) is 0 Å². The van der Waals surface area contributed by atoms with Crippen molar-refractivity contribution >= 4 is 21.5 Å². The molecular formula is C20H14O. The van der Waals surface area contributed by atoms with E-state index >= 15 is 0 Å². The summed E-state index contributed by atoms with van der Waals surface area (Å²) in [6.07, 6.45) is 0. The Balaban J connectivity index is 2.25. The van der Waals surface area contributed by atoms with Crippen molar-refractivity contribution in [3.8, 4) is 16.9 Å². The summed E-state index contributed by atoms with van der Waals surface area (Å²) in [5.74, 6) is 0.319. The predicted octanol–water partition coefficient (Wildman–Crippen LogP) is 5.37. The summed E-state index contributed by atoms with van der Waals surface area (Å²) in [6.45, 7) is 0. The topological polar surface area (TPSA) is 20.2 Å². The number of rotatable bonds is 1. The Labute approximate surface area is 123 Å². The Bertz CT molecular complexity index is 900. The van der Waals surface area contributed by atoms with E-state index in [1.54, 1.807) is 6.07 Å². The minimum absolute atomic E-state index is 0.319. The molecule has 0 bridgehead atoms. The molecule has 0 spiro atoms. The van der Waals surface area contributed by atoms with Crippen LogP contribution < -0.4 is 0 Å². The fourth-order valence-electron chi connectivity index (χ4n) is 2.99. The summed E-state index contributed by atoms with van der Waals surface area (Å²) in [6, 6.07) is 26.4. The van der Waals surface area contributed by atoms with Gasteiger partial charge in [-0.15, -0.1) is 0 Å². The van der Waals surface area contributed by atoms with Crippen molar-refractivity contribution in [1.82, 2.24) is 0 Å². The number of aromatic hydroxyl groups is 1. The highest BCUT2D eigenvalue weighted by Gasteiger charge is 2.12. The molecule has 0 amide bonds. The van der Waals surface area contributed by atoms with Crippen LogP contribution in [-0.4, -0.2) is 5.11 Å². The van der Waals surface area contributed by atoms with Gasteiger partial charge in [0.2, 0.25) is 0 Å². The first-order valence-electron chi connectivity index (χ1n) is 7.03. The number of phenols is 1. The van der Waals surface area contributed by atoms with Crippen LogP contribution in [0.4, 0.5) is 0 Å². The SMILES string of the molecule is Oc1ccccc1-c1c2ccccc2cc2ccccc12. The van der Waals surface area contributed by atoms with E-state index in [1.165, 1.54) is 10.8 Å². The lowest BCUT2D eigenvalue weighted by Gasteiger charge is -2.13. The van der Waals surface area contributed by atoms with Gasteiger partial charge in [-0.25, -0.2) is 0 Å². The van der Waals surface area contributed by atoms with Gasteiger partial charge in [-0.1, -0.05) is 66.7 Å². The smallest absolute Gasteiger partial charge is 0.123 e. The zero-order valence-corrected chi connectivity index (χ0v) is 11.5. The van der Waals surface area contributed by atoms with Crippen LogP contribution in [0.3, 0.4) is 0 Å². The molecule has 4 aromatic rings. The molecule has 0 aromatic heterocycles. The lowest BCUT2D eigenvalue weighted by molar-refractivity contribution is 0.477. The van der Waals surface area contributed by atoms with Gasteiger partial charge in [0.25, 0.3) is 0 Å². The van der Waals surface area contributed by atoms with Gasteiger partial charge < -0.3 is 5.11 Å². The molecule has 1 heteroatoms. The van der Waals surface area contributed by atoms with E-state index in [0.29, 0.717) is 5.75 Å². The standard InChI is InChI=1S/C20H14O/c21-19-12-6-5-11-18(19)20-16-9-3-1-7-14(16)13-15-8-2-4-10-17(15)20/h1-13,21H. The molecule has 100 valence electrons. The maximum atomic E-state index is 10.3. The first-order chi connectivity index (χ1) is 10.3. The molecule has 0 radical (unpaired) electrons. The molecule has 0 aliphatic heterocycles. The van der Waals surface area contributed by atoms with Crippen molar-refractivity contribution < 1.29 is 5.11 Å². The van der Waals surface area contributed by atoms with Crippen LogP contribution in [0.1, 0.15) is 0 Å². The second-order valence-electron chi connectivity index (χ2n) is 5.21. The molecule has 0 unspecified atom stereocenters. The van der Waals surface area contributed by atoms with Crippen molar-refractivity contribution in [3.05, 3.63) is 78.9 Å². The van der Waals surface area contributed by atoms with Gasteiger partial charge in [0.05, 0.1) is 0 Å². The molecular weight excluding hydrogens is 256 g/mol. The van der Waals surface area contributed by atoms with Crippen LogP contribution in [0.15, 0.2) is 78.9 Å². The summed E-state index contributed by atoms with van der Waals surface area (Å²) >= 11 is 0. The number of hydrogen-bond acceptors (Lipinski definition) is 1. The Hall–Kier alpha value is -2.80. The second kappa shape index (κ2) is 4.64. The molecule has 4 rings (SSSR count). The minimum Gasteiger partial charge on any atom is -0.507 e. The Kier molecular flexibility index (Phi) is 2.65. The third kappa shape index (κ3) is 1.86. The van der Waals surface area contributed by atoms with Gasteiger partial charge in [-0.2, -0.15) is 0 Å². The van der Waals surface area contributed by atoms with Crippen LogP contribution in [-0.2, 0) is 0 Å². The summed E-state index contributed by atoms with van der Waals surface area (Å²) in [5.41, 5.74) is 1.98. The van der Waals surface area contributed by atoms with Gasteiger partial charge in [-0.05, 0) is 33.7 Å². The number of phenolic OH excluding ortho intramolecular Hbond substituents is 1. The monoisotopic (exact) mass is 270 g/mol. The lowest BCUT2D eigenvalue weighted by atomic mass is 9.92. The van der Waals surface area contributed by atoms with E-state index in [0.717, 1.165) is 21.9 Å². The summed E-state index contributed by atoms with van der Waals surface area (Å²) in [4.78, 5) is 0. The summed E-state index contributed by atoms with van der Waals surface area (Å²) in [7, 11) is 0. The van der Waals surface area contributed by atoms with Gasteiger partial charge in [0, 0.05) is 11.1 Å². The van der Waals surface area contributed by atoms with E-state index in [9.17, 15) is 5.11 Å². The molecule has 0 saturated heterocycles. The molecule has 0 saturated carbocycles. The number of fused-ring (bicyclic) bond motifs is 2. The summed E-state index contributed by atoms with van der Waals surface area (Å²) in [5, 5.41) is 15.0. The predicted molar refractivity (Wildman–Crippen MR) is 88.6 cm³/mol. The zero-order chi connectivity index (χ0) is 14.2. The highest BCUT2D eigenvalue weighted by Crippen LogP contribution is 2.39. The van der Waals surface area contributed by atoms with E-state index in [2.05, 4.69) is 30.3 Å². The highest BCUT2D eigenvalue weighted by atomic mass is 16.3. The minimum atomic E-state index is 0.319. The first kappa shape index (κ1) is 12.0. The van der Waals surface area contributed by atoms with Gasteiger partial charge >= 0.3 is 0 Å². The summed E-state index contributed by atoms with van der Waals surface area (Å²) < 4.78 is 0. The first-order valence-corrected chi connectivity index (χ1v) is 7.03. The molecule has 21 heavy (non-hydrogen) atoms. The van der Waals surface area contributed by atoms with Crippen molar-refractivity contribution in [2.45, 2.75) is 0 Å².